The highest BCUT2D eigenvalue weighted by Gasteiger charge is 2.26. The fraction of sp³-hybridized carbons (Fsp3) is 0.917. The average Bonchev–Trinajstić information content (AvgIpc) is 2.30. The molecule has 0 aromatic rings. The number of hydrogen-bond acceptors (Lipinski definition) is 3. The third kappa shape index (κ3) is 3.76. The van der Waals surface area contributed by atoms with Crippen LogP contribution in [0.3, 0.4) is 0 Å². The van der Waals surface area contributed by atoms with Crippen LogP contribution in [0, 0.1) is 5.92 Å². The molecule has 0 radical (unpaired) electrons. The molecular formula is C12H24N2O2. The van der Waals surface area contributed by atoms with Crippen molar-refractivity contribution in [3.63, 3.8) is 0 Å². The van der Waals surface area contributed by atoms with E-state index in [0.717, 1.165) is 25.9 Å². The van der Waals surface area contributed by atoms with Gasteiger partial charge in [0, 0.05) is 32.3 Å². The summed E-state index contributed by atoms with van der Waals surface area (Å²) in [5.74, 6) is 0.380. The molecule has 1 rings (SSSR count). The third-order valence-electron chi connectivity index (χ3n) is 3.29. The summed E-state index contributed by atoms with van der Waals surface area (Å²) in [4.78, 5) is 14.0. The number of carbonyl (C=O) groups excluding carboxylic acids is 1. The Morgan fingerprint density at radius 3 is 2.75 bits per heavy atom. The maximum atomic E-state index is 12.1. The fourth-order valence-electron chi connectivity index (χ4n) is 2.15. The minimum absolute atomic E-state index is 0.134. The summed E-state index contributed by atoms with van der Waals surface area (Å²) in [6.07, 6.45) is 2.74. The van der Waals surface area contributed by atoms with Gasteiger partial charge in [0.1, 0.15) is 0 Å². The van der Waals surface area contributed by atoms with Gasteiger partial charge in [0.2, 0.25) is 5.91 Å². The molecule has 0 saturated carbocycles. The second-order valence-corrected chi connectivity index (χ2v) is 4.58. The van der Waals surface area contributed by atoms with E-state index in [1.807, 2.05) is 11.8 Å². The number of nitrogens with one attached hydrogen (secondary N) is 1. The molecule has 0 aliphatic carbocycles. The summed E-state index contributed by atoms with van der Waals surface area (Å²) in [6, 6.07) is 0.538. The molecule has 2 atom stereocenters. The Hall–Kier alpha value is -0.610. The van der Waals surface area contributed by atoms with Crippen molar-refractivity contribution in [3.05, 3.63) is 0 Å². The van der Waals surface area contributed by atoms with Gasteiger partial charge in [-0.1, -0.05) is 0 Å². The zero-order chi connectivity index (χ0) is 12.0. The number of rotatable bonds is 5. The summed E-state index contributed by atoms with van der Waals surface area (Å²) in [5.41, 5.74) is 0. The highest BCUT2D eigenvalue weighted by molar-refractivity contribution is 5.79. The Kier molecular flexibility index (Phi) is 5.77. The molecule has 2 unspecified atom stereocenters. The van der Waals surface area contributed by atoms with Gasteiger partial charge in [-0.3, -0.25) is 4.79 Å². The number of aliphatic hydroxyl groups excluding tert-OH is 1. The van der Waals surface area contributed by atoms with Crippen molar-refractivity contribution in [2.45, 2.75) is 39.2 Å². The van der Waals surface area contributed by atoms with Crippen molar-refractivity contribution in [1.29, 1.82) is 0 Å². The first-order chi connectivity index (χ1) is 7.69. The molecule has 4 nitrogen and oxygen atoms in total. The summed E-state index contributed by atoms with van der Waals surface area (Å²) < 4.78 is 0. The van der Waals surface area contributed by atoms with Gasteiger partial charge < -0.3 is 15.3 Å². The van der Waals surface area contributed by atoms with Gasteiger partial charge in [-0.2, -0.15) is 0 Å². The molecule has 4 heteroatoms. The van der Waals surface area contributed by atoms with Crippen LogP contribution in [0.1, 0.15) is 33.1 Å². The van der Waals surface area contributed by atoms with Gasteiger partial charge >= 0.3 is 0 Å². The second kappa shape index (κ2) is 6.86. The van der Waals surface area contributed by atoms with Gasteiger partial charge in [-0.05, 0) is 33.1 Å². The Labute approximate surface area is 98.0 Å². The SMILES string of the molecule is CCN(CCCO)C(=O)C1CCC(C)NC1. The van der Waals surface area contributed by atoms with Crippen molar-refractivity contribution in [1.82, 2.24) is 10.2 Å². The molecule has 0 aromatic carbocycles. The first kappa shape index (κ1) is 13.5. The molecule has 0 bridgehead atoms. The lowest BCUT2D eigenvalue weighted by atomic mass is 9.94. The monoisotopic (exact) mass is 228 g/mol. The molecule has 1 heterocycles. The number of piperidine rings is 1. The van der Waals surface area contributed by atoms with Crippen LogP contribution in [-0.4, -0.2) is 48.2 Å². The Balaban J connectivity index is 2.41. The molecule has 0 aromatic heterocycles. The van der Waals surface area contributed by atoms with Gasteiger partial charge in [-0.25, -0.2) is 0 Å². The van der Waals surface area contributed by atoms with Crippen molar-refractivity contribution >= 4 is 5.91 Å². The van der Waals surface area contributed by atoms with Crippen LogP contribution in [0.4, 0.5) is 0 Å². The molecular weight excluding hydrogens is 204 g/mol. The number of nitrogens with zero attached hydrogens (tertiary/aromatic N) is 1. The molecule has 1 amide bonds. The van der Waals surface area contributed by atoms with Crippen LogP contribution in [0.5, 0.6) is 0 Å². The van der Waals surface area contributed by atoms with E-state index in [1.165, 1.54) is 0 Å². The van der Waals surface area contributed by atoms with Crippen LogP contribution in [-0.2, 0) is 4.79 Å². The van der Waals surface area contributed by atoms with E-state index in [0.29, 0.717) is 19.0 Å². The molecule has 1 aliphatic heterocycles. The van der Waals surface area contributed by atoms with E-state index >= 15 is 0 Å². The highest BCUT2D eigenvalue weighted by Crippen LogP contribution is 2.16. The third-order valence-corrected chi connectivity index (χ3v) is 3.29. The van der Waals surface area contributed by atoms with E-state index in [2.05, 4.69) is 12.2 Å². The first-order valence-corrected chi connectivity index (χ1v) is 6.32. The predicted octanol–water partition coefficient (Wildman–Crippen LogP) is 0.605. The Morgan fingerprint density at radius 1 is 1.50 bits per heavy atom. The number of carbonyl (C=O) groups is 1. The summed E-state index contributed by atoms with van der Waals surface area (Å²) in [6.45, 7) is 6.53. The van der Waals surface area contributed by atoms with Crippen LogP contribution in [0.25, 0.3) is 0 Å². The van der Waals surface area contributed by atoms with E-state index in [4.69, 9.17) is 5.11 Å². The maximum Gasteiger partial charge on any atom is 0.226 e. The fourth-order valence-corrected chi connectivity index (χ4v) is 2.15. The molecule has 1 saturated heterocycles. The van der Waals surface area contributed by atoms with Gasteiger partial charge in [-0.15, -0.1) is 0 Å². The first-order valence-electron chi connectivity index (χ1n) is 6.32. The molecule has 0 spiro atoms. The van der Waals surface area contributed by atoms with Crippen LogP contribution >= 0.6 is 0 Å². The van der Waals surface area contributed by atoms with Gasteiger partial charge in [0.05, 0.1) is 5.92 Å². The van der Waals surface area contributed by atoms with Crippen molar-refractivity contribution in [2.24, 2.45) is 5.92 Å². The smallest absolute Gasteiger partial charge is 0.226 e. The Morgan fingerprint density at radius 2 is 2.25 bits per heavy atom. The van der Waals surface area contributed by atoms with Crippen LogP contribution in [0.2, 0.25) is 0 Å². The minimum Gasteiger partial charge on any atom is -0.396 e. The molecule has 1 fully saturated rings. The molecule has 16 heavy (non-hydrogen) atoms. The summed E-state index contributed by atoms with van der Waals surface area (Å²) in [5, 5.41) is 12.1. The van der Waals surface area contributed by atoms with Crippen molar-refractivity contribution in [3.8, 4) is 0 Å². The minimum atomic E-state index is 0.134. The predicted molar refractivity (Wildman–Crippen MR) is 64.1 cm³/mol. The summed E-state index contributed by atoms with van der Waals surface area (Å²) >= 11 is 0. The summed E-state index contributed by atoms with van der Waals surface area (Å²) in [7, 11) is 0. The quantitative estimate of drug-likeness (QED) is 0.725. The normalized spacial score (nSPS) is 25.4. The average molecular weight is 228 g/mol. The van der Waals surface area contributed by atoms with Crippen LogP contribution in [0.15, 0.2) is 0 Å². The molecule has 1 aliphatic rings. The zero-order valence-electron chi connectivity index (χ0n) is 10.4. The second-order valence-electron chi connectivity index (χ2n) is 4.58. The van der Waals surface area contributed by atoms with E-state index < -0.39 is 0 Å². The number of aliphatic hydroxyl groups is 1. The van der Waals surface area contributed by atoms with E-state index in [1.54, 1.807) is 0 Å². The van der Waals surface area contributed by atoms with Crippen molar-refractivity contribution in [2.75, 3.05) is 26.2 Å². The van der Waals surface area contributed by atoms with Crippen LogP contribution < -0.4 is 5.32 Å². The van der Waals surface area contributed by atoms with Crippen molar-refractivity contribution < 1.29 is 9.90 Å². The molecule has 94 valence electrons. The lowest BCUT2D eigenvalue weighted by Gasteiger charge is -2.31. The molecule has 2 N–H and O–H groups in total. The highest BCUT2D eigenvalue weighted by atomic mass is 16.3. The van der Waals surface area contributed by atoms with Gasteiger partial charge in [0.25, 0.3) is 0 Å². The maximum absolute atomic E-state index is 12.1. The number of amides is 1. The lowest BCUT2D eigenvalue weighted by molar-refractivity contribution is -0.136. The zero-order valence-corrected chi connectivity index (χ0v) is 10.4. The Bertz CT molecular complexity index is 206. The number of hydrogen-bond donors (Lipinski definition) is 2. The van der Waals surface area contributed by atoms with E-state index in [9.17, 15) is 4.79 Å². The largest absolute Gasteiger partial charge is 0.396 e. The van der Waals surface area contributed by atoms with E-state index in [-0.39, 0.29) is 18.4 Å². The standard InChI is InChI=1S/C12H24N2O2/c1-3-14(7-4-8-15)12(16)11-6-5-10(2)13-9-11/h10-11,13,15H,3-9H2,1-2H3. The lowest BCUT2D eigenvalue weighted by Crippen LogP contribution is -2.46. The topological polar surface area (TPSA) is 52.6 Å². The van der Waals surface area contributed by atoms with Gasteiger partial charge in [0.15, 0.2) is 0 Å².